The molecule has 2 atom stereocenters. The van der Waals surface area contributed by atoms with E-state index in [-0.39, 0.29) is 30.2 Å². The van der Waals surface area contributed by atoms with Gasteiger partial charge in [0.05, 0.1) is 12.0 Å². The van der Waals surface area contributed by atoms with Crippen molar-refractivity contribution in [1.29, 1.82) is 0 Å². The molecule has 0 aliphatic carbocycles. The van der Waals surface area contributed by atoms with E-state index in [1.54, 1.807) is 0 Å². The molecule has 180 valence electrons. The smallest absolute Gasteiger partial charge is 0.411 e. The van der Waals surface area contributed by atoms with Gasteiger partial charge in [0, 0.05) is 43.8 Å². The average molecular weight is 465 g/mol. The lowest BCUT2D eigenvalue weighted by atomic mass is 9.94. The van der Waals surface area contributed by atoms with Crippen molar-refractivity contribution < 1.29 is 19.4 Å². The topological polar surface area (TPSA) is 86.2 Å². The van der Waals surface area contributed by atoms with Gasteiger partial charge in [0.25, 0.3) is 0 Å². The van der Waals surface area contributed by atoms with E-state index >= 15 is 0 Å². The molecule has 3 aliphatic heterocycles. The maximum absolute atomic E-state index is 13.2. The van der Waals surface area contributed by atoms with Crippen LogP contribution in [-0.4, -0.2) is 76.8 Å². The number of carbonyl (C=O) groups excluding carboxylic acids is 1. The molecular weight excluding hydrogens is 432 g/mol. The minimum absolute atomic E-state index is 0.124. The third-order valence-corrected chi connectivity index (χ3v) is 7.52. The quantitative estimate of drug-likeness (QED) is 0.701. The first-order chi connectivity index (χ1) is 16.6. The number of carboxylic acids is 1. The molecule has 0 spiro atoms. The molecule has 3 aliphatic rings. The van der Waals surface area contributed by atoms with Crippen molar-refractivity contribution in [3.63, 3.8) is 0 Å². The Morgan fingerprint density at radius 1 is 0.971 bits per heavy atom. The van der Waals surface area contributed by atoms with Crippen LogP contribution in [0.5, 0.6) is 0 Å². The molecule has 2 aromatic rings. The molecule has 8 heteroatoms. The molecule has 1 aromatic carbocycles. The van der Waals surface area contributed by atoms with Crippen LogP contribution in [0.15, 0.2) is 54.9 Å². The van der Waals surface area contributed by atoms with Gasteiger partial charge in [-0.05, 0) is 56.5 Å². The molecular formula is C26H32N4O4. The Morgan fingerprint density at radius 2 is 1.65 bits per heavy atom. The van der Waals surface area contributed by atoms with Crippen LogP contribution < -0.4 is 4.90 Å². The third kappa shape index (κ3) is 4.73. The van der Waals surface area contributed by atoms with E-state index in [9.17, 15) is 14.7 Å². The van der Waals surface area contributed by atoms with Crippen molar-refractivity contribution in [2.75, 3.05) is 37.6 Å². The number of rotatable bonds is 6. The van der Waals surface area contributed by atoms with Crippen LogP contribution in [0.1, 0.15) is 37.3 Å². The number of carbonyl (C=O) groups is 2. The molecule has 0 radical (unpaired) electrons. The van der Waals surface area contributed by atoms with Crippen LogP contribution in [0.2, 0.25) is 0 Å². The summed E-state index contributed by atoms with van der Waals surface area (Å²) in [5.41, 5.74) is 2.26. The highest BCUT2D eigenvalue weighted by Crippen LogP contribution is 2.38. The van der Waals surface area contributed by atoms with Crippen LogP contribution in [-0.2, 0) is 9.53 Å². The third-order valence-electron chi connectivity index (χ3n) is 7.52. The predicted octanol–water partition coefficient (Wildman–Crippen LogP) is 3.41. The molecule has 3 saturated heterocycles. The highest BCUT2D eigenvalue weighted by Gasteiger charge is 2.47. The number of likely N-dealkylation sites (tertiary alicyclic amines) is 1. The number of aromatic nitrogens is 1. The Bertz CT molecular complexity index is 973. The van der Waals surface area contributed by atoms with Crippen LogP contribution in [0.3, 0.4) is 0 Å². The van der Waals surface area contributed by atoms with Crippen LogP contribution >= 0.6 is 0 Å². The summed E-state index contributed by atoms with van der Waals surface area (Å²) in [5.74, 6) is -0.979. The number of nitrogens with zero attached hydrogens (tertiary/aromatic N) is 4. The average Bonchev–Trinajstić information content (AvgIpc) is 3.20. The number of anilines is 1. The number of cyclic esters (lactones) is 1. The van der Waals surface area contributed by atoms with Crippen molar-refractivity contribution in [1.82, 2.24) is 14.8 Å². The molecule has 5 rings (SSSR count). The molecule has 34 heavy (non-hydrogen) atoms. The van der Waals surface area contributed by atoms with E-state index in [1.165, 1.54) is 5.69 Å². The number of amides is 1. The van der Waals surface area contributed by atoms with Crippen molar-refractivity contribution >= 4 is 17.7 Å². The normalized spacial score (nSPS) is 24.9. The summed E-state index contributed by atoms with van der Waals surface area (Å²) < 4.78 is 5.99. The molecule has 1 aromatic heterocycles. The van der Waals surface area contributed by atoms with E-state index in [1.807, 2.05) is 47.6 Å². The molecule has 8 nitrogen and oxygen atoms in total. The van der Waals surface area contributed by atoms with E-state index in [4.69, 9.17) is 4.74 Å². The number of hydrogen-bond acceptors (Lipinski definition) is 6. The second-order valence-electron chi connectivity index (χ2n) is 9.52. The summed E-state index contributed by atoms with van der Waals surface area (Å²) in [7, 11) is 0. The molecule has 1 amide bonds. The maximum Gasteiger partial charge on any atom is 0.411 e. The molecule has 2 unspecified atom stereocenters. The minimum atomic E-state index is -0.710. The van der Waals surface area contributed by atoms with E-state index < -0.39 is 5.97 Å². The standard InChI is InChI=1S/C26H32N4O4/c31-25(32)20-8-14-28(15-9-20)18-23-24(19-4-2-1-3-5-19)30(26(33)34-23)22-10-16-29(17-11-22)21-6-12-27-13-7-21/h1-7,12-13,20,22-24H,8-11,14-18H2,(H,31,32). The highest BCUT2D eigenvalue weighted by atomic mass is 16.6. The van der Waals surface area contributed by atoms with Crippen molar-refractivity contribution in [2.24, 2.45) is 5.92 Å². The van der Waals surface area contributed by atoms with Gasteiger partial charge in [-0.2, -0.15) is 0 Å². The van der Waals surface area contributed by atoms with Gasteiger partial charge >= 0.3 is 12.1 Å². The van der Waals surface area contributed by atoms with Crippen molar-refractivity contribution in [3.05, 3.63) is 60.4 Å². The van der Waals surface area contributed by atoms with Gasteiger partial charge in [-0.3, -0.25) is 19.6 Å². The Balaban J connectivity index is 1.30. The van der Waals surface area contributed by atoms with E-state index in [2.05, 4.69) is 26.9 Å². The summed E-state index contributed by atoms with van der Waals surface area (Å²) in [4.78, 5) is 35.2. The number of piperidine rings is 2. The zero-order valence-electron chi connectivity index (χ0n) is 19.3. The van der Waals surface area contributed by atoms with Crippen LogP contribution in [0.4, 0.5) is 10.5 Å². The summed E-state index contributed by atoms with van der Waals surface area (Å²) in [5, 5.41) is 9.30. The van der Waals surface area contributed by atoms with Gasteiger partial charge in [-0.1, -0.05) is 30.3 Å². The number of hydrogen-bond donors (Lipinski definition) is 1. The fraction of sp³-hybridized carbons (Fsp3) is 0.500. The van der Waals surface area contributed by atoms with E-state index in [0.29, 0.717) is 19.4 Å². The fourth-order valence-corrected chi connectivity index (χ4v) is 5.66. The first kappa shape index (κ1) is 22.7. The Morgan fingerprint density at radius 3 is 2.29 bits per heavy atom. The zero-order valence-corrected chi connectivity index (χ0v) is 19.3. The summed E-state index contributed by atoms with van der Waals surface area (Å²) in [6.45, 7) is 3.83. The first-order valence-corrected chi connectivity index (χ1v) is 12.2. The van der Waals surface area contributed by atoms with Gasteiger partial charge in [0.15, 0.2) is 0 Å². The highest BCUT2D eigenvalue weighted by molar-refractivity contribution is 5.72. The Hall–Kier alpha value is -3.13. The molecule has 1 N–H and O–H groups in total. The number of benzene rings is 1. The Kier molecular flexibility index (Phi) is 6.67. The van der Waals surface area contributed by atoms with Crippen molar-refractivity contribution in [2.45, 2.75) is 43.9 Å². The number of pyridine rings is 1. The second-order valence-corrected chi connectivity index (χ2v) is 9.52. The molecule has 0 saturated carbocycles. The van der Waals surface area contributed by atoms with Gasteiger partial charge < -0.3 is 14.7 Å². The Labute approximate surface area is 200 Å². The lowest BCUT2D eigenvalue weighted by Gasteiger charge is -2.40. The van der Waals surface area contributed by atoms with Gasteiger partial charge in [0.2, 0.25) is 0 Å². The lowest BCUT2D eigenvalue weighted by molar-refractivity contribution is -0.143. The summed E-state index contributed by atoms with van der Waals surface area (Å²) in [6, 6.07) is 14.2. The second kappa shape index (κ2) is 10.0. The van der Waals surface area contributed by atoms with Gasteiger partial charge in [-0.15, -0.1) is 0 Å². The van der Waals surface area contributed by atoms with Gasteiger partial charge in [0.1, 0.15) is 6.10 Å². The predicted molar refractivity (Wildman–Crippen MR) is 128 cm³/mol. The SMILES string of the molecule is O=C(O)C1CCN(CC2OC(=O)N(C3CCN(c4ccncc4)CC3)C2c2ccccc2)CC1. The van der Waals surface area contributed by atoms with Gasteiger partial charge in [-0.25, -0.2) is 4.79 Å². The number of aliphatic carboxylic acids is 1. The summed E-state index contributed by atoms with van der Waals surface area (Å²) >= 11 is 0. The van der Waals surface area contributed by atoms with Crippen LogP contribution in [0.25, 0.3) is 0 Å². The van der Waals surface area contributed by atoms with E-state index in [0.717, 1.165) is 44.6 Å². The maximum atomic E-state index is 13.2. The molecule has 4 heterocycles. The van der Waals surface area contributed by atoms with Crippen molar-refractivity contribution in [3.8, 4) is 0 Å². The fourth-order valence-electron chi connectivity index (χ4n) is 5.66. The number of ether oxygens (including phenoxy) is 1. The minimum Gasteiger partial charge on any atom is -0.481 e. The summed E-state index contributed by atoms with van der Waals surface area (Å²) in [6.07, 6.45) is 6.18. The molecule has 3 fully saturated rings. The largest absolute Gasteiger partial charge is 0.481 e. The zero-order chi connectivity index (χ0) is 23.5. The number of carboxylic acid groups (broad SMARTS) is 1. The lowest BCUT2D eigenvalue weighted by Crippen LogP contribution is -2.47. The molecule has 0 bridgehead atoms. The first-order valence-electron chi connectivity index (χ1n) is 12.2. The van der Waals surface area contributed by atoms with Crippen LogP contribution in [0, 0.1) is 5.92 Å². The monoisotopic (exact) mass is 464 g/mol.